The summed E-state index contributed by atoms with van der Waals surface area (Å²) >= 11 is 6.15. The molecule has 2 aromatic rings. The molecule has 2 aromatic carbocycles. The molecule has 3 rings (SSSR count). The van der Waals surface area contributed by atoms with Crippen molar-refractivity contribution < 1.29 is 14.3 Å². The Morgan fingerprint density at radius 2 is 1.89 bits per heavy atom. The van der Waals surface area contributed by atoms with Crippen molar-refractivity contribution >= 4 is 28.2 Å². The van der Waals surface area contributed by atoms with Crippen LogP contribution in [-0.4, -0.2) is 31.7 Å². The fourth-order valence-corrected chi connectivity index (χ4v) is 2.52. The van der Waals surface area contributed by atoms with E-state index in [9.17, 15) is 4.79 Å². The van der Waals surface area contributed by atoms with E-state index < -0.39 is 6.10 Å². The smallest absolute Gasteiger partial charge is 0.194 e. The predicted octanol–water partition coefficient (Wildman–Crippen LogP) is 3.09. The van der Waals surface area contributed by atoms with Gasteiger partial charge in [-0.2, -0.15) is 0 Å². The highest BCUT2D eigenvalue weighted by Crippen LogP contribution is 2.27. The second-order valence-corrected chi connectivity index (χ2v) is 4.85. The summed E-state index contributed by atoms with van der Waals surface area (Å²) in [6, 6.07) is 11.1. The first-order valence-electron chi connectivity index (χ1n) is 6.18. The van der Waals surface area contributed by atoms with Gasteiger partial charge >= 0.3 is 0 Å². The number of fused-ring (bicyclic) bond motifs is 1. The van der Waals surface area contributed by atoms with Gasteiger partial charge in [0, 0.05) is 16.0 Å². The van der Waals surface area contributed by atoms with E-state index in [1.807, 2.05) is 24.3 Å². The molecular formula is C15H13ClO3. The third-order valence-electron chi connectivity index (χ3n) is 3.24. The summed E-state index contributed by atoms with van der Waals surface area (Å²) in [4.78, 5) is 12.5. The molecule has 1 heterocycles. The zero-order valence-electron chi connectivity index (χ0n) is 10.3. The first-order chi connectivity index (χ1) is 9.27. The SMILES string of the molecule is O=C(c1ccc(Cl)c2ccccc12)C1COCCO1. The van der Waals surface area contributed by atoms with Crippen LogP contribution in [0.2, 0.25) is 5.02 Å². The molecule has 0 aromatic heterocycles. The maximum atomic E-state index is 12.5. The molecule has 0 spiro atoms. The van der Waals surface area contributed by atoms with Crippen LogP contribution in [0.25, 0.3) is 10.8 Å². The van der Waals surface area contributed by atoms with Crippen LogP contribution in [0.3, 0.4) is 0 Å². The Hall–Kier alpha value is -1.42. The first kappa shape index (κ1) is 12.6. The molecule has 4 heteroatoms. The van der Waals surface area contributed by atoms with Crippen molar-refractivity contribution in [3.8, 4) is 0 Å². The zero-order valence-corrected chi connectivity index (χ0v) is 11.0. The van der Waals surface area contributed by atoms with Gasteiger partial charge in [0.25, 0.3) is 0 Å². The number of benzene rings is 2. The Morgan fingerprint density at radius 1 is 1.11 bits per heavy atom. The molecule has 1 saturated heterocycles. The van der Waals surface area contributed by atoms with E-state index in [4.69, 9.17) is 21.1 Å². The first-order valence-corrected chi connectivity index (χ1v) is 6.56. The van der Waals surface area contributed by atoms with Crippen LogP contribution in [0, 0.1) is 0 Å². The lowest BCUT2D eigenvalue weighted by atomic mass is 9.98. The number of ketones is 1. The van der Waals surface area contributed by atoms with Gasteiger partial charge in [-0.3, -0.25) is 4.79 Å². The standard InChI is InChI=1S/C15H13ClO3/c16-13-6-5-12(10-3-1-2-4-11(10)13)15(17)14-9-18-7-8-19-14/h1-6,14H,7-9H2. The second-order valence-electron chi connectivity index (χ2n) is 4.44. The highest BCUT2D eigenvalue weighted by Gasteiger charge is 2.25. The van der Waals surface area contributed by atoms with Crippen LogP contribution >= 0.6 is 11.6 Å². The van der Waals surface area contributed by atoms with E-state index in [-0.39, 0.29) is 5.78 Å². The van der Waals surface area contributed by atoms with Gasteiger partial charge in [-0.05, 0) is 17.5 Å². The normalized spacial score (nSPS) is 19.5. The van der Waals surface area contributed by atoms with Gasteiger partial charge in [0.1, 0.15) is 6.10 Å². The number of Topliss-reactive ketones (excluding diaryl/α,β-unsaturated/α-hetero) is 1. The Balaban J connectivity index is 2.05. The summed E-state index contributed by atoms with van der Waals surface area (Å²) in [5.74, 6) is -0.0485. The molecule has 1 atom stereocenters. The summed E-state index contributed by atoms with van der Waals surface area (Å²) in [7, 11) is 0. The van der Waals surface area contributed by atoms with Crippen LogP contribution in [0.15, 0.2) is 36.4 Å². The molecule has 0 aliphatic carbocycles. The Morgan fingerprint density at radius 3 is 2.63 bits per heavy atom. The van der Waals surface area contributed by atoms with Crippen molar-refractivity contribution in [3.63, 3.8) is 0 Å². The highest BCUT2D eigenvalue weighted by atomic mass is 35.5. The quantitative estimate of drug-likeness (QED) is 0.791. The molecule has 0 bridgehead atoms. The molecule has 3 nitrogen and oxygen atoms in total. The van der Waals surface area contributed by atoms with Crippen LogP contribution < -0.4 is 0 Å². The summed E-state index contributed by atoms with van der Waals surface area (Å²) < 4.78 is 10.8. The summed E-state index contributed by atoms with van der Waals surface area (Å²) in [5, 5.41) is 2.38. The Labute approximate surface area is 116 Å². The molecule has 0 saturated carbocycles. The molecule has 1 unspecified atom stereocenters. The van der Waals surface area contributed by atoms with Crippen molar-refractivity contribution in [2.75, 3.05) is 19.8 Å². The van der Waals surface area contributed by atoms with Crippen molar-refractivity contribution in [1.82, 2.24) is 0 Å². The molecule has 0 radical (unpaired) electrons. The highest BCUT2D eigenvalue weighted by molar-refractivity contribution is 6.36. The molecule has 0 N–H and O–H groups in total. The summed E-state index contributed by atoms with van der Waals surface area (Å²) in [5.41, 5.74) is 0.635. The van der Waals surface area contributed by atoms with Crippen molar-refractivity contribution in [2.45, 2.75) is 6.10 Å². The molecule has 1 fully saturated rings. The van der Waals surface area contributed by atoms with E-state index >= 15 is 0 Å². The van der Waals surface area contributed by atoms with E-state index in [1.54, 1.807) is 12.1 Å². The summed E-state index contributed by atoms with van der Waals surface area (Å²) in [6.45, 7) is 1.32. The van der Waals surface area contributed by atoms with E-state index in [2.05, 4.69) is 0 Å². The van der Waals surface area contributed by atoms with Crippen molar-refractivity contribution in [2.24, 2.45) is 0 Å². The second kappa shape index (κ2) is 5.29. The minimum atomic E-state index is -0.515. The number of rotatable bonds is 2. The predicted molar refractivity (Wildman–Crippen MR) is 73.8 cm³/mol. The Bertz CT molecular complexity index is 618. The third kappa shape index (κ3) is 2.37. The average molecular weight is 277 g/mol. The number of halogens is 1. The van der Waals surface area contributed by atoms with Gasteiger partial charge in [-0.25, -0.2) is 0 Å². The van der Waals surface area contributed by atoms with Gasteiger partial charge in [0.2, 0.25) is 0 Å². The lowest BCUT2D eigenvalue weighted by molar-refractivity contribution is -0.0718. The summed E-state index contributed by atoms with van der Waals surface area (Å²) in [6.07, 6.45) is -0.515. The van der Waals surface area contributed by atoms with Crippen molar-refractivity contribution in [1.29, 1.82) is 0 Å². The number of carbonyl (C=O) groups is 1. The molecule has 1 aliphatic heterocycles. The lowest BCUT2D eigenvalue weighted by Crippen LogP contribution is -2.35. The molecular weight excluding hydrogens is 264 g/mol. The monoisotopic (exact) mass is 276 g/mol. The number of hydrogen-bond donors (Lipinski definition) is 0. The maximum Gasteiger partial charge on any atom is 0.194 e. The zero-order chi connectivity index (χ0) is 13.2. The van der Waals surface area contributed by atoms with Crippen LogP contribution in [-0.2, 0) is 9.47 Å². The fraction of sp³-hybridized carbons (Fsp3) is 0.267. The minimum absolute atomic E-state index is 0.0485. The maximum absolute atomic E-state index is 12.5. The van der Waals surface area contributed by atoms with E-state index in [1.165, 1.54) is 0 Å². The Kier molecular flexibility index (Phi) is 3.51. The number of hydrogen-bond acceptors (Lipinski definition) is 3. The fourth-order valence-electron chi connectivity index (χ4n) is 2.29. The minimum Gasteiger partial charge on any atom is -0.376 e. The van der Waals surface area contributed by atoms with Gasteiger partial charge < -0.3 is 9.47 Å². The molecule has 98 valence electrons. The number of carbonyl (C=O) groups excluding carboxylic acids is 1. The number of ether oxygens (including phenoxy) is 2. The van der Waals surface area contributed by atoms with Crippen LogP contribution in [0.5, 0.6) is 0 Å². The third-order valence-corrected chi connectivity index (χ3v) is 3.57. The van der Waals surface area contributed by atoms with Gasteiger partial charge in [-0.15, -0.1) is 0 Å². The van der Waals surface area contributed by atoms with Crippen molar-refractivity contribution in [3.05, 3.63) is 47.0 Å². The lowest BCUT2D eigenvalue weighted by Gasteiger charge is -2.22. The van der Waals surface area contributed by atoms with Crippen LogP contribution in [0.1, 0.15) is 10.4 Å². The molecule has 1 aliphatic rings. The topological polar surface area (TPSA) is 35.5 Å². The molecule has 19 heavy (non-hydrogen) atoms. The van der Waals surface area contributed by atoms with Gasteiger partial charge in [0.05, 0.1) is 19.8 Å². The molecule has 0 amide bonds. The average Bonchev–Trinajstić information content (AvgIpc) is 2.48. The van der Waals surface area contributed by atoms with E-state index in [0.717, 1.165) is 10.8 Å². The largest absolute Gasteiger partial charge is 0.376 e. The van der Waals surface area contributed by atoms with Crippen LogP contribution in [0.4, 0.5) is 0 Å². The van der Waals surface area contributed by atoms with Gasteiger partial charge in [0.15, 0.2) is 5.78 Å². The van der Waals surface area contributed by atoms with E-state index in [0.29, 0.717) is 30.4 Å². The van der Waals surface area contributed by atoms with Gasteiger partial charge in [-0.1, -0.05) is 35.9 Å².